The lowest BCUT2D eigenvalue weighted by Gasteiger charge is -2.18. The number of imide groups is 1. The van der Waals surface area contributed by atoms with Crippen LogP contribution >= 0.6 is 11.8 Å². The molecule has 0 radical (unpaired) electrons. The minimum atomic E-state index is -0.377. The molecular formula is C25H22N2O4S. The van der Waals surface area contributed by atoms with E-state index in [1.165, 1.54) is 12.1 Å². The van der Waals surface area contributed by atoms with Crippen molar-refractivity contribution in [3.05, 3.63) is 89.5 Å². The fraction of sp³-hybridized carbons (Fsp3) is 0.160. The Balaban J connectivity index is 1.43. The summed E-state index contributed by atoms with van der Waals surface area (Å²) in [6.45, 7) is 0.452. The van der Waals surface area contributed by atoms with Crippen LogP contribution in [0.4, 0.5) is 4.79 Å². The maximum Gasteiger partial charge on any atom is 0.286 e. The van der Waals surface area contributed by atoms with Gasteiger partial charge in [0.25, 0.3) is 11.1 Å². The average molecular weight is 447 g/mol. The molecule has 1 aliphatic rings. The third kappa shape index (κ3) is 5.00. The van der Waals surface area contributed by atoms with Gasteiger partial charge in [-0.3, -0.25) is 19.7 Å². The summed E-state index contributed by atoms with van der Waals surface area (Å²) in [5.74, 6) is -0.225. The van der Waals surface area contributed by atoms with E-state index in [0.29, 0.717) is 18.5 Å². The second-order valence-electron chi connectivity index (χ2n) is 7.69. The number of rotatable bonds is 6. The van der Waals surface area contributed by atoms with Gasteiger partial charge in [-0.15, -0.1) is 0 Å². The second kappa shape index (κ2) is 9.28. The first kappa shape index (κ1) is 21.6. The summed E-state index contributed by atoms with van der Waals surface area (Å²) in [4.78, 5) is 37.4. The monoisotopic (exact) mass is 446 g/mol. The minimum Gasteiger partial charge on any atom is -0.508 e. The third-order valence-electron chi connectivity index (χ3n) is 5.28. The normalized spacial score (nSPS) is 15.5. The van der Waals surface area contributed by atoms with Gasteiger partial charge < -0.3 is 10.0 Å². The van der Waals surface area contributed by atoms with E-state index in [4.69, 9.17) is 0 Å². The SMILES string of the molecule is CN(Cc1cccc(-c2ccc(CC3SC(=O)NC3=O)cc2)c1)C(=O)c1ccc(O)cc1. The van der Waals surface area contributed by atoms with Gasteiger partial charge in [0.1, 0.15) is 5.75 Å². The zero-order valence-corrected chi connectivity index (χ0v) is 18.3. The quantitative estimate of drug-likeness (QED) is 0.592. The topological polar surface area (TPSA) is 86.7 Å². The molecule has 3 aromatic carbocycles. The van der Waals surface area contributed by atoms with Crippen LogP contribution in [-0.4, -0.2) is 39.4 Å². The highest BCUT2D eigenvalue weighted by molar-refractivity contribution is 8.15. The highest BCUT2D eigenvalue weighted by Gasteiger charge is 2.31. The molecule has 32 heavy (non-hydrogen) atoms. The molecule has 2 N–H and O–H groups in total. The number of nitrogens with zero attached hydrogens (tertiary/aromatic N) is 1. The van der Waals surface area contributed by atoms with Gasteiger partial charge in [-0.1, -0.05) is 54.2 Å². The number of thioether (sulfide) groups is 1. The first-order chi connectivity index (χ1) is 15.4. The van der Waals surface area contributed by atoms with Crippen molar-refractivity contribution < 1.29 is 19.5 Å². The van der Waals surface area contributed by atoms with Crippen LogP contribution in [0.25, 0.3) is 11.1 Å². The fourth-order valence-electron chi connectivity index (χ4n) is 3.59. The van der Waals surface area contributed by atoms with Gasteiger partial charge in [0, 0.05) is 19.2 Å². The van der Waals surface area contributed by atoms with Crippen LogP contribution in [0.5, 0.6) is 5.75 Å². The Kier molecular flexibility index (Phi) is 6.28. The minimum absolute atomic E-state index is 0.118. The smallest absolute Gasteiger partial charge is 0.286 e. The number of hydrogen-bond donors (Lipinski definition) is 2. The number of hydrogen-bond acceptors (Lipinski definition) is 5. The van der Waals surface area contributed by atoms with Crippen molar-refractivity contribution in [3.8, 4) is 16.9 Å². The summed E-state index contributed by atoms with van der Waals surface area (Å²) < 4.78 is 0. The van der Waals surface area contributed by atoms with Gasteiger partial charge in [0.05, 0.1) is 5.25 Å². The Bertz CT molecular complexity index is 1160. The number of aromatic hydroxyl groups is 1. The van der Waals surface area contributed by atoms with Crippen LogP contribution in [0, 0.1) is 0 Å². The molecule has 1 heterocycles. The predicted octanol–water partition coefficient (Wildman–Crippen LogP) is 4.23. The number of carbonyl (C=O) groups excluding carboxylic acids is 3. The van der Waals surface area contributed by atoms with E-state index in [-0.39, 0.29) is 28.1 Å². The summed E-state index contributed by atoms with van der Waals surface area (Å²) in [7, 11) is 1.75. The molecule has 0 aliphatic carbocycles. The molecule has 3 aromatic rings. The molecule has 0 saturated carbocycles. The summed E-state index contributed by atoms with van der Waals surface area (Å²) in [6, 6.07) is 22.2. The van der Waals surface area contributed by atoms with Gasteiger partial charge in [-0.25, -0.2) is 0 Å². The highest BCUT2D eigenvalue weighted by Crippen LogP contribution is 2.26. The molecule has 6 nitrogen and oxygen atoms in total. The van der Waals surface area contributed by atoms with Crippen LogP contribution in [0.2, 0.25) is 0 Å². The number of benzene rings is 3. The molecule has 162 valence electrons. The maximum absolute atomic E-state index is 12.6. The van der Waals surface area contributed by atoms with Crippen LogP contribution < -0.4 is 5.32 Å². The first-order valence-corrected chi connectivity index (χ1v) is 11.0. The molecule has 1 aliphatic heterocycles. The Morgan fingerprint density at radius 2 is 1.69 bits per heavy atom. The van der Waals surface area contributed by atoms with Crippen molar-refractivity contribution >= 4 is 28.8 Å². The average Bonchev–Trinajstić information content (AvgIpc) is 3.11. The lowest BCUT2D eigenvalue weighted by molar-refractivity contribution is -0.118. The fourth-order valence-corrected chi connectivity index (χ4v) is 4.45. The number of nitrogens with one attached hydrogen (secondary N) is 1. The molecule has 0 spiro atoms. The molecule has 4 rings (SSSR count). The Morgan fingerprint density at radius 1 is 0.969 bits per heavy atom. The molecule has 7 heteroatoms. The van der Waals surface area contributed by atoms with Gasteiger partial charge >= 0.3 is 0 Å². The van der Waals surface area contributed by atoms with E-state index >= 15 is 0 Å². The molecular weight excluding hydrogens is 424 g/mol. The van der Waals surface area contributed by atoms with E-state index in [9.17, 15) is 19.5 Å². The number of phenols is 1. The molecule has 1 fully saturated rings. The second-order valence-corrected chi connectivity index (χ2v) is 8.87. The van der Waals surface area contributed by atoms with Gasteiger partial charge in [-0.2, -0.15) is 0 Å². The predicted molar refractivity (Wildman–Crippen MR) is 124 cm³/mol. The van der Waals surface area contributed by atoms with Crippen LogP contribution in [0.3, 0.4) is 0 Å². The van der Waals surface area contributed by atoms with Crippen molar-refractivity contribution in [2.75, 3.05) is 7.05 Å². The van der Waals surface area contributed by atoms with Gasteiger partial charge in [0.15, 0.2) is 0 Å². The molecule has 1 atom stereocenters. The van der Waals surface area contributed by atoms with Gasteiger partial charge in [0.2, 0.25) is 5.91 Å². The first-order valence-electron chi connectivity index (χ1n) is 10.1. The van der Waals surface area contributed by atoms with Crippen LogP contribution in [0.1, 0.15) is 21.5 Å². The van der Waals surface area contributed by atoms with Gasteiger partial charge in [-0.05, 0) is 59.0 Å². The Morgan fingerprint density at radius 3 is 2.34 bits per heavy atom. The summed E-state index contributed by atoms with van der Waals surface area (Å²) in [6.07, 6.45) is 0.507. The summed E-state index contributed by atoms with van der Waals surface area (Å²) in [5.41, 5.74) is 4.57. The van der Waals surface area contributed by atoms with E-state index in [2.05, 4.69) is 11.4 Å². The van der Waals surface area contributed by atoms with Crippen molar-refractivity contribution in [2.45, 2.75) is 18.2 Å². The van der Waals surface area contributed by atoms with Crippen molar-refractivity contribution in [1.82, 2.24) is 10.2 Å². The third-order valence-corrected chi connectivity index (χ3v) is 6.26. The summed E-state index contributed by atoms with van der Waals surface area (Å²) >= 11 is 1.03. The molecule has 0 bridgehead atoms. The molecule has 3 amide bonds. The van der Waals surface area contributed by atoms with E-state index in [1.54, 1.807) is 24.1 Å². The van der Waals surface area contributed by atoms with Crippen LogP contribution in [0.15, 0.2) is 72.8 Å². The van der Waals surface area contributed by atoms with Crippen molar-refractivity contribution in [1.29, 1.82) is 0 Å². The lowest BCUT2D eigenvalue weighted by Crippen LogP contribution is -2.26. The highest BCUT2D eigenvalue weighted by atomic mass is 32.2. The van der Waals surface area contributed by atoms with Crippen molar-refractivity contribution in [3.63, 3.8) is 0 Å². The number of amides is 3. The molecule has 0 aromatic heterocycles. The largest absolute Gasteiger partial charge is 0.508 e. The van der Waals surface area contributed by atoms with E-state index < -0.39 is 0 Å². The van der Waals surface area contributed by atoms with E-state index in [0.717, 1.165) is 34.0 Å². The zero-order valence-electron chi connectivity index (χ0n) is 17.4. The summed E-state index contributed by atoms with van der Waals surface area (Å²) in [5, 5.41) is 11.1. The molecule has 1 saturated heterocycles. The number of carbonyl (C=O) groups is 3. The Labute approximate surface area is 190 Å². The van der Waals surface area contributed by atoms with Crippen LogP contribution in [-0.2, 0) is 17.8 Å². The zero-order chi connectivity index (χ0) is 22.7. The standard InChI is InChI=1S/C25H22N2O4S/c1-27(24(30)19-9-11-21(28)12-10-19)15-17-3-2-4-20(13-17)18-7-5-16(6-8-18)14-22-23(29)26-25(31)32-22/h2-13,22,28H,14-15H2,1H3,(H,26,29,31). The maximum atomic E-state index is 12.6. The number of phenolic OH excluding ortho intramolecular Hbond substituents is 1. The lowest BCUT2D eigenvalue weighted by atomic mass is 10.00. The molecule has 1 unspecified atom stereocenters. The van der Waals surface area contributed by atoms with Crippen molar-refractivity contribution in [2.24, 2.45) is 0 Å². The van der Waals surface area contributed by atoms with E-state index in [1.807, 2.05) is 42.5 Å². The Hall–Kier alpha value is -3.58.